The Morgan fingerprint density at radius 2 is 2.15 bits per heavy atom. The lowest BCUT2D eigenvalue weighted by Gasteiger charge is -2.48. The molecule has 2 saturated heterocycles. The van der Waals surface area contributed by atoms with Crippen molar-refractivity contribution < 1.29 is 9.18 Å². The van der Waals surface area contributed by atoms with Crippen LogP contribution in [0.4, 0.5) is 10.2 Å². The average Bonchev–Trinajstić information content (AvgIpc) is 2.66. The fourth-order valence-electron chi connectivity index (χ4n) is 4.32. The van der Waals surface area contributed by atoms with Crippen LogP contribution in [0.15, 0.2) is 36.8 Å². The van der Waals surface area contributed by atoms with E-state index >= 15 is 0 Å². The summed E-state index contributed by atoms with van der Waals surface area (Å²) < 4.78 is 14.4. The zero-order chi connectivity index (χ0) is 18.9. The van der Waals surface area contributed by atoms with Gasteiger partial charge in [0.15, 0.2) is 11.6 Å². The number of carbonyl (C=O) groups excluding carboxylic acids is 1. The van der Waals surface area contributed by atoms with Crippen LogP contribution >= 0.6 is 11.6 Å². The Bertz CT molecular complexity index is 834. The normalized spacial score (nSPS) is 23.1. The second kappa shape index (κ2) is 7.43. The Kier molecular flexibility index (Phi) is 5.00. The van der Waals surface area contributed by atoms with Crippen LogP contribution in [0.1, 0.15) is 31.2 Å². The summed E-state index contributed by atoms with van der Waals surface area (Å²) in [4.78, 5) is 24.8. The molecular formula is C20H22ClFN4O. The quantitative estimate of drug-likeness (QED) is 0.804. The summed E-state index contributed by atoms with van der Waals surface area (Å²) in [6, 6.07) is 5.18. The number of nitrogens with zero attached hydrogens (tertiary/aromatic N) is 4. The highest BCUT2D eigenvalue weighted by atomic mass is 35.5. The van der Waals surface area contributed by atoms with Crippen LogP contribution in [-0.4, -0.2) is 40.4 Å². The molecule has 1 amide bonds. The smallest absolute Gasteiger partial charge is 0.222 e. The first kappa shape index (κ1) is 18.2. The van der Waals surface area contributed by atoms with Crippen molar-refractivity contribution in [2.75, 3.05) is 24.5 Å². The van der Waals surface area contributed by atoms with Crippen molar-refractivity contribution in [3.05, 3.63) is 53.2 Å². The number of anilines is 1. The van der Waals surface area contributed by atoms with Gasteiger partial charge in [-0.25, -0.2) is 9.37 Å². The van der Waals surface area contributed by atoms with Gasteiger partial charge in [-0.2, -0.15) is 0 Å². The summed E-state index contributed by atoms with van der Waals surface area (Å²) in [5.41, 5.74) is 1.00. The zero-order valence-corrected chi connectivity index (χ0v) is 15.8. The highest BCUT2D eigenvalue weighted by Gasteiger charge is 2.42. The second-order valence-electron chi connectivity index (χ2n) is 7.60. The Balaban J connectivity index is 1.52. The molecule has 4 heterocycles. The number of hydrogen-bond acceptors (Lipinski definition) is 4. The molecule has 2 aliphatic rings. The lowest BCUT2D eigenvalue weighted by molar-refractivity contribution is -0.138. The molecule has 0 N–H and O–H groups in total. The largest absolute Gasteiger partial charge is 0.354 e. The third-order valence-corrected chi connectivity index (χ3v) is 5.80. The molecule has 1 unspecified atom stereocenters. The molecule has 0 aliphatic carbocycles. The van der Waals surface area contributed by atoms with Crippen molar-refractivity contribution in [2.24, 2.45) is 5.41 Å². The summed E-state index contributed by atoms with van der Waals surface area (Å²) in [6.45, 7) is 2.73. The first-order valence-electron chi connectivity index (χ1n) is 9.27. The molecule has 0 aromatic carbocycles. The number of piperidine rings is 2. The molecule has 2 aliphatic heterocycles. The number of aromatic nitrogens is 2. The van der Waals surface area contributed by atoms with Crippen LogP contribution in [0, 0.1) is 11.2 Å². The highest BCUT2D eigenvalue weighted by molar-refractivity contribution is 6.30. The zero-order valence-electron chi connectivity index (χ0n) is 15.1. The minimum absolute atomic E-state index is 0.0257. The van der Waals surface area contributed by atoms with Crippen LogP contribution < -0.4 is 4.90 Å². The number of likely N-dealkylation sites (tertiary alicyclic amines) is 1. The predicted molar refractivity (Wildman–Crippen MR) is 102 cm³/mol. The van der Waals surface area contributed by atoms with Gasteiger partial charge in [-0.15, -0.1) is 0 Å². The molecule has 0 saturated carbocycles. The summed E-state index contributed by atoms with van der Waals surface area (Å²) in [7, 11) is 0. The van der Waals surface area contributed by atoms with Crippen molar-refractivity contribution >= 4 is 23.3 Å². The molecule has 142 valence electrons. The third kappa shape index (κ3) is 3.90. The molecular weight excluding hydrogens is 367 g/mol. The Morgan fingerprint density at radius 3 is 2.93 bits per heavy atom. The van der Waals surface area contributed by atoms with E-state index in [9.17, 15) is 9.18 Å². The molecule has 7 heteroatoms. The lowest BCUT2D eigenvalue weighted by atomic mass is 9.73. The van der Waals surface area contributed by atoms with E-state index in [1.165, 1.54) is 12.3 Å². The highest BCUT2D eigenvalue weighted by Crippen LogP contribution is 2.40. The first-order valence-corrected chi connectivity index (χ1v) is 9.65. The van der Waals surface area contributed by atoms with E-state index in [4.69, 9.17) is 11.6 Å². The fourth-order valence-corrected chi connectivity index (χ4v) is 4.46. The Hall–Kier alpha value is -2.21. The number of halogens is 2. The Morgan fingerprint density at radius 1 is 1.26 bits per heavy atom. The number of hydrogen-bond donors (Lipinski definition) is 0. The molecule has 2 fully saturated rings. The van der Waals surface area contributed by atoms with E-state index < -0.39 is 5.82 Å². The topological polar surface area (TPSA) is 49.3 Å². The first-order chi connectivity index (χ1) is 13.0. The van der Waals surface area contributed by atoms with Crippen LogP contribution in [-0.2, 0) is 11.3 Å². The van der Waals surface area contributed by atoms with Gasteiger partial charge in [0.05, 0.1) is 5.02 Å². The van der Waals surface area contributed by atoms with Gasteiger partial charge < -0.3 is 9.80 Å². The van der Waals surface area contributed by atoms with Gasteiger partial charge in [0, 0.05) is 56.6 Å². The second-order valence-corrected chi connectivity index (χ2v) is 8.03. The summed E-state index contributed by atoms with van der Waals surface area (Å²) in [6.07, 6.45) is 8.38. The number of pyridine rings is 2. The van der Waals surface area contributed by atoms with Crippen molar-refractivity contribution in [3.8, 4) is 0 Å². The standard InChI is InChI=1S/C20H22ClFN4O/c21-16-9-17(22)19(24-11-16)25-8-2-5-20(13-25)6-4-18(27)26(14-20)12-15-3-1-7-23-10-15/h1,3,7,9-11H,2,4-6,8,12-14H2. The van der Waals surface area contributed by atoms with Crippen molar-refractivity contribution in [1.82, 2.24) is 14.9 Å². The van der Waals surface area contributed by atoms with E-state index in [1.807, 2.05) is 21.9 Å². The van der Waals surface area contributed by atoms with Gasteiger partial charge in [-0.1, -0.05) is 17.7 Å². The molecule has 27 heavy (non-hydrogen) atoms. The van der Waals surface area contributed by atoms with Gasteiger partial charge in [0.25, 0.3) is 0 Å². The maximum Gasteiger partial charge on any atom is 0.222 e. The van der Waals surface area contributed by atoms with Crippen LogP contribution in [0.2, 0.25) is 5.02 Å². The van der Waals surface area contributed by atoms with Crippen molar-refractivity contribution in [1.29, 1.82) is 0 Å². The van der Waals surface area contributed by atoms with Gasteiger partial charge >= 0.3 is 0 Å². The van der Waals surface area contributed by atoms with Crippen molar-refractivity contribution in [2.45, 2.75) is 32.2 Å². The maximum absolute atomic E-state index is 14.4. The molecule has 0 bridgehead atoms. The number of rotatable bonds is 3. The summed E-state index contributed by atoms with van der Waals surface area (Å²) in [5, 5.41) is 0.300. The fraction of sp³-hybridized carbons (Fsp3) is 0.450. The monoisotopic (exact) mass is 388 g/mol. The SMILES string of the molecule is O=C1CCC2(CCCN(c3ncc(Cl)cc3F)C2)CN1Cc1cccnc1. The minimum Gasteiger partial charge on any atom is -0.354 e. The summed E-state index contributed by atoms with van der Waals surface area (Å²) in [5.74, 6) is 0.144. The molecule has 2 aromatic heterocycles. The predicted octanol–water partition coefficient (Wildman–Crippen LogP) is 3.68. The molecule has 2 aromatic rings. The maximum atomic E-state index is 14.4. The van der Waals surface area contributed by atoms with Crippen molar-refractivity contribution in [3.63, 3.8) is 0 Å². The van der Waals surface area contributed by atoms with Gasteiger partial charge in [-0.3, -0.25) is 9.78 Å². The Labute approximate surface area is 163 Å². The van der Waals surface area contributed by atoms with Crippen LogP contribution in [0.5, 0.6) is 0 Å². The van der Waals surface area contributed by atoms with Gasteiger partial charge in [-0.05, 0) is 37.0 Å². The summed E-state index contributed by atoms with van der Waals surface area (Å²) >= 11 is 5.84. The van der Waals surface area contributed by atoms with Crippen LogP contribution in [0.3, 0.4) is 0 Å². The van der Waals surface area contributed by atoms with Gasteiger partial charge in [0.2, 0.25) is 5.91 Å². The molecule has 5 nitrogen and oxygen atoms in total. The lowest BCUT2D eigenvalue weighted by Crippen LogP contribution is -2.54. The third-order valence-electron chi connectivity index (χ3n) is 5.59. The molecule has 4 rings (SSSR count). The number of carbonyl (C=O) groups is 1. The number of amides is 1. The van der Waals surface area contributed by atoms with E-state index in [0.717, 1.165) is 31.4 Å². The van der Waals surface area contributed by atoms with Gasteiger partial charge in [0.1, 0.15) is 0 Å². The molecule has 1 atom stereocenters. The van der Waals surface area contributed by atoms with Crippen LogP contribution in [0.25, 0.3) is 0 Å². The molecule has 0 radical (unpaired) electrons. The van der Waals surface area contributed by atoms with E-state index in [1.54, 1.807) is 12.4 Å². The van der Waals surface area contributed by atoms with E-state index in [2.05, 4.69) is 9.97 Å². The van der Waals surface area contributed by atoms with E-state index in [0.29, 0.717) is 36.9 Å². The van der Waals surface area contributed by atoms with E-state index in [-0.39, 0.29) is 11.3 Å². The minimum atomic E-state index is -0.390. The molecule has 1 spiro atoms. The average molecular weight is 389 g/mol.